The summed E-state index contributed by atoms with van der Waals surface area (Å²) in [5.41, 5.74) is 2.98. The van der Waals surface area contributed by atoms with Crippen molar-refractivity contribution in [1.82, 2.24) is 5.32 Å². The van der Waals surface area contributed by atoms with Gasteiger partial charge in [0.15, 0.2) is 0 Å². The first kappa shape index (κ1) is 15.7. The Morgan fingerprint density at radius 1 is 1.20 bits per heavy atom. The summed E-state index contributed by atoms with van der Waals surface area (Å²) < 4.78 is 0. The third-order valence-corrected chi connectivity index (χ3v) is 4.96. The van der Waals surface area contributed by atoms with Gasteiger partial charge in [0.2, 0.25) is 0 Å². The van der Waals surface area contributed by atoms with E-state index in [1.165, 1.54) is 42.6 Å². The zero-order valence-electron chi connectivity index (χ0n) is 12.8. The Hall–Kier alpha value is -0.730. The molecule has 1 nitrogen and oxygen atoms in total. The van der Waals surface area contributed by atoms with Crippen LogP contribution in [0.3, 0.4) is 0 Å². The standard InChI is InChI=1S/C18H27NS/c1-3-13-19-18(16-7-5-4-6-8-16)14-20-17-11-9-15(2)10-12-17/h7,9-12,18-19H,3-6,8,13-14H2,1-2H3. The molecule has 0 bridgehead atoms. The van der Waals surface area contributed by atoms with Crippen LogP contribution in [-0.2, 0) is 0 Å². The molecule has 1 aromatic carbocycles. The zero-order valence-corrected chi connectivity index (χ0v) is 13.6. The molecule has 0 saturated carbocycles. The maximum atomic E-state index is 3.73. The fourth-order valence-corrected chi connectivity index (χ4v) is 3.63. The second kappa shape index (κ2) is 8.53. The SMILES string of the molecule is CCCNC(CSc1ccc(C)cc1)C1=CCCCC1. The highest BCUT2D eigenvalue weighted by Crippen LogP contribution is 2.26. The van der Waals surface area contributed by atoms with Crippen molar-refractivity contribution in [3.63, 3.8) is 0 Å². The number of hydrogen-bond acceptors (Lipinski definition) is 2. The summed E-state index contributed by atoms with van der Waals surface area (Å²) in [6.45, 7) is 5.51. The number of thioether (sulfide) groups is 1. The maximum Gasteiger partial charge on any atom is 0.0374 e. The molecule has 0 saturated heterocycles. The van der Waals surface area contributed by atoms with Gasteiger partial charge in [-0.2, -0.15) is 0 Å². The van der Waals surface area contributed by atoms with Crippen molar-refractivity contribution in [2.45, 2.75) is 56.9 Å². The fourth-order valence-electron chi connectivity index (χ4n) is 2.61. The van der Waals surface area contributed by atoms with Gasteiger partial charge in [-0.3, -0.25) is 0 Å². The van der Waals surface area contributed by atoms with Crippen LogP contribution in [0.4, 0.5) is 0 Å². The van der Waals surface area contributed by atoms with E-state index in [1.54, 1.807) is 5.57 Å². The highest BCUT2D eigenvalue weighted by atomic mass is 32.2. The second-order valence-corrected chi connectivity index (χ2v) is 6.75. The molecule has 0 aromatic heterocycles. The molecule has 0 aliphatic heterocycles. The first-order valence-electron chi connectivity index (χ1n) is 7.91. The summed E-state index contributed by atoms with van der Waals surface area (Å²) in [6.07, 6.45) is 8.98. The van der Waals surface area contributed by atoms with Crippen LogP contribution in [0.1, 0.15) is 44.6 Å². The minimum Gasteiger partial charge on any atom is -0.310 e. The van der Waals surface area contributed by atoms with Gasteiger partial charge in [0.25, 0.3) is 0 Å². The lowest BCUT2D eigenvalue weighted by Crippen LogP contribution is -2.34. The first-order valence-corrected chi connectivity index (χ1v) is 8.90. The van der Waals surface area contributed by atoms with Gasteiger partial charge < -0.3 is 5.32 Å². The van der Waals surface area contributed by atoms with Crippen LogP contribution < -0.4 is 5.32 Å². The van der Waals surface area contributed by atoms with Gasteiger partial charge in [0, 0.05) is 16.7 Å². The van der Waals surface area contributed by atoms with Crippen molar-refractivity contribution >= 4 is 11.8 Å². The van der Waals surface area contributed by atoms with E-state index in [9.17, 15) is 0 Å². The van der Waals surface area contributed by atoms with Crippen molar-refractivity contribution in [3.05, 3.63) is 41.5 Å². The summed E-state index contributed by atoms with van der Waals surface area (Å²) in [5.74, 6) is 1.15. The summed E-state index contributed by atoms with van der Waals surface area (Å²) in [4.78, 5) is 1.38. The normalized spacial score (nSPS) is 16.8. The zero-order chi connectivity index (χ0) is 14.2. The lowest BCUT2D eigenvalue weighted by molar-refractivity contribution is 0.562. The Morgan fingerprint density at radius 2 is 2.00 bits per heavy atom. The van der Waals surface area contributed by atoms with Crippen LogP contribution in [0.5, 0.6) is 0 Å². The number of allylic oxidation sites excluding steroid dienone is 1. The average Bonchev–Trinajstić information content (AvgIpc) is 2.50. The number of nitrogens with one attached hydrogen (secondary N) is 1. The number of aryl methyl sites for hydroxylation is 1. The summed E-state index contributed by atoms with van der Waals surface area (Å²) in [6, 6.07) is 9.45. The molecule has 0 radical (unpaired) electrons. The number of rotatable bonds is 7. The lowest BCUT2D eigenvalue weighted by Gasteiger charge is -2.24. The van der Waals surface area contributed by atoms with Crippen molar-refractivity contribution in [2.75, 3.05) is 12.3 Å². The molecule has 0 heterocycles. The van der Waals surface area contributed by atoms with Gasteiger partial charge in [-0.25, -0.2) is 0 Å². The van der Waals surface area contributed by atoms with Gasteiger partial charge in [-0.1, -0.05) is 36.3 Å². The maximum absolute atomic E-state index is 3.73. The van der Waals surface area contributed by atoms with Gasteiger partial charge in [0.05, 0.1) is 0 Å². The highest BCUT2D eigenvalue weighted by Gasteiger charge is 2.15. The summed E-state index contributed by atoms with van der Waals surface area (Å²) in [5, 5.41) is 3.73. The highest BCUT2D eigenvalue weighted by molar-refractivity contribution is 7.99. The molecule has 2 heteroatoms. The van der Waals surface area contributed by atoms with E-state index in [-0.39, 0.29) is 0 Å². The van der Waals surface area contributed by atoms with Gasteiger partial charge in [-0.15, -0.1) is 11.8 Å². The quantitative estimate of drug-likeness (QED) is 0.562. The first-order chi connectivity index (χ1) is 9.79. The molecule has 0 amide bonds. The third-order valence-electron chi connectivity index (χ3n) is 3.85. The van der Waals surface area contributed by atoms with E-state index in [4.69, 9.17) is 0 Å². The minimum atomic E-state index is 0.557. The van der Waals surface area contributed by atoms with E-state index in [0.717, 1.165) is 12.3 Å². The monoisotopic (exact) mass is 289 g/mol. The fraction of sp³-hybridized carbons (Fsp3) is 0.556. The van der Waals surface area contributed by atoms with Gasteiger partial charge in [0.1, 0.15) is 0 Å². The molecular formula is C18H27NS. The molecule has 110 valence electrons. The van der Waals surface area contributed by atoms with Gasteiger partial charge in [-0.05, 0) is 57.7 Å². The van der Waals surface area contributed by atoms with E-state index in [1.807, 2.05) is 11.8 Å². The summed E-state index contributed by atoms with van der Waals surface area (Å²) >= 11 is 1.98. The minimum absolute atomic E-state index is 0.557. The van der Waals surface area contributed by atoms with Crippen LogP contribution in [0.15, 0.2) is 40.8 Å². The van der Waals surface area contributed by atoms with Crippen LogP contribution in [-0.4, -0.2) is 18.3 Å². The van der Waals surface area contributed by atoms with Crippen LogP contribution in [0, 0.1) is 6.92 Å². The summed E-state index contributed by atoms with van der Waals surface area (Å²) in [7, 11) is 0. The number of hydrogen-bond donors (Lipinski definition) is 1. The topological polar surface area (TPSA) is 12.0 Å². The molecule has 1 N–H and O–H groups in total. The van der Waals surface area contributed by atoms with Crippen molar-refractivity contribution in [2.24, 2.45) is 0 Å². The Kier molecular flexibility index (Phi) is 6.68. The van der Waals surface area contributed by atoms with Crippen LogP contribution >= 0.6 is 11.8 Å². The van der Waals surface area contributed by atoms with E-state index in [2.05, 4.69) is 49.5 Å². The van der Waals surface area contributed by atoms with Crippen molar-refractivity contribution in [3.8, 4) is 0 Å². The van der Waals surface area contributed by atoms with Crippen LogP contribution in [0.25, 0.3) is 0 Å². The molecule has 1 aliphatic carbocycles. The predicted molar refractivity (Wildman–Crippen MR) is 90.5 cm³/mol. The molecule has 1 aromatic rings. The largest absolute Gasteiger partial charge is 0.310 e. The Bertz CT molecular complexity index is 422. The molecule has 2 rings (SSSR count). The third kappa shape index (κ3) is 4.99. The molecular weight excluding hydrogens is 262 g/mol. The average molecular weight is 289 g/mol. The second-order valence-electron chi connectivity index (χ2n) is 5.66. The smallest absolute Gasteiger partial charge is 0.0374 e. The molecule has 0 fully saturated rings. The molecule has 20 heavy (non-hydrogen) atoms. The Balaban J connectivity index is 1.92. The predicted octanol–water partition coefficient (Wildman–Crippen LogP) is 4.96. The van der Waals surface area contributed by atoms with E-state index >= 15 is 0 Å². The number of benzene rings is 1. The van der Waals surface area contributed by atoms with Crippen LogP contribution in [0.2, 0.25) is 0 Å². The van der Waals surface area contributed by atoms with Gasteiger partial charge >= 0.3 is 0 Å². The lowest BCUT2D eigenvalue weighted by atomic mass is 9.94. The van der Waals surface area contributed by atoms with Crippen molar-refractivity contribution < 1.29 is 0 Å². The van der Waals surface area contributed by atoms with E-state index < -0.39 is 0 Å². The molecule has 0 spiro atoms. The van der Waals surface area contributed by atoms with E-state index in [0.29, 0.717) is 6.04 Å². The van der Waals surface area contributed by atoms with Crippen molar-refractivity contribution in [1.29, 1.82) is 0 Å². The Morgan fingerprint density at radius 3 is 2.65 bits per heavy atom. The molecule has 1 aliphatic rings. The molecule has 1 atom stereocenters. The Labute approximate surface area is 128 Å². The molecule has 1 unspecified atom stereocenters.